The molecule has 3 heterocycles. The summed E-state index contributed by atoms with van der Waals surface area (Å²) in [6, 6.07) is 17.7. The molecule has 2 aromatic heterocycles. The average molecular weight is 388 g/mol. The highest BCUT2D eigenvalue weighted by atomic mass is 16.5. The van der Waals surface area contributed by atoms with Gasteiger partial charge in [0.1, 0.15) is 11.9 Å². The molecule has 29 heavy (non-hydrogen) atoms. The van der Waals surface area contributed by atoms with Crippen LogP contribution in [0.4, 0.5) is 5.82 Å². The molecule has 0 bridgehead atoms. The Balaban J connectivity index is 1.49. The molecule has 6 heteroatoms. The van der Waals surface area contributed by atoms with E-state index >= 15 is 0 Å². The summed E-state index contributed by atoms with van der Waals surface area (Å²) in [7, 11) is 0. The van der Waals surface area contributed by atoms with Crippen LogP contribution in [0.3, 0.4) is 0 Å². The summed E-state index contributed by atoms with van der Waals surface area (Å²) in [6.45, 7) is 3.59. The molecule has 1 aromatic carbocycles. The second-order valence-corrected chi connectivity index (χ2v) is 7.24. The van der Waals surface area contributed by atoms with Crippen molar-refractivity contribution in [1.29, 1.82) is 0 Å². The van der Waals surface area contributed by atoms with Gasteiger partial charge in [-0.25, -0.2) is 4.98 Å². The van der Waals surface area contributed by atoms with E-state index in [1.54, 1.807) is 17.0 Å². The fraction of sp³-hybridized carbons (Fsp3) is 0.261. The number of morpholine rings is 1. The van der Waals surface area contributed by atoms with Crippen molar-refractivity contribution in [3.05, 3.63) is 88.9 Å². The fourth-order valence-electron chi connectivity index (χ4n) is 3.51. The van der Waals surface area contributed by atoms with Gasteiger partial charge in [0.25, 0.3) is 5.91 Å². The Morgan fingerprint density at radius 1 is 1.17 bits per heavy atom. The number of rotatable bonds is 4. The van der Waals surface area contributed by atoms with Crippen molar-refractivity contribution in [1.82, 2.24) is 14.9 Å². The highest BCUT2D eigenvalue weighted by molar-refractivity contribution is 5.94. The molecule has 0 saturated carbocycles. The van der Waals surface area contributed by atoms with Gasteiger partial charge in [0, 0.05) is 24.9 Å². The van der Waals surface area contributed by atoms with Gasteiger partial charge in [-0.05, 0) is 42.3 Å². The van der Waals surface area contributed by atoms with Gasteiger partial charge < -0.3 is 15.4 Å². The standard InChI is InChI=1S/C23H24N4O2/c1-16-5-2-3-6-17(16)13-19-7-4-8-20(26-19)21-15-27(11-12-29-21)23(28)18-9-10-22(24)25-14-18/h2-10,14,21H,11-13,15H2,1H3,(H2,24,25)/t21-/m1/s1. The number of carbonyl (C=O) groups is 1. The molecular weight excluding hydrogens is 364 g/mol. The van der Waals surface area contributed by atoms with Crippen LogP contribution in [0.15, 0.2) is 60.8 Å². The van der Waals surface area contributed by atoms with Crippen LogP contribution in [0.25, 0.3) is 0 Å². The van der Waals surface area contributed by atoms with Crippen molar-refractivity contribution in [2.45, 2.75) is 19.4 Å². The van der Waals surface area contributed by atoms with Gasteiger partial charge >= 0.3 is 0 Å². The number of aromatic nitrogens is 2. The van der Waals surface area contributed by atoms with Crippen LogP contribution >= 0.6 is 0 Å². The molecule has 0 unspecified atom stereocenters. The molecule has 0 spiro atoms. The van der Waals surface area contributed by atoms with Crippen molar-refractivity contribution in [2.24, 2.45) is 0 Å². The first-order valence-electron chi connectivity index (χ1n) is 9.73. The first kappa shape index (κ1) is 19.1. The van der Waals surface area contributed by atoms with Crippen LogP contribution in [-0.4, -0.2) is 40.5 Å². The number of anilines is 1. The number of nitrogens with zero attached hydrogens (tertiary/aromatic N) is 3. The van der Waals surface area contributed by atoms with Gasteiger partial charge in [-0.2, -0.15) is 0 Å². The van der Waals surface area contributed by atoms with Crippen molar-refractivity contribution in [3.63, 3.8) is 0 Å². The number of aryl methyl sites for hydroxylation is 1. The number of pyridine rings is 2. The Bertz CT molecular complexity index is 1000. The normalized spacial score (nSPS) is 16.6. The Labute approximate surface area is 170 Å². The maximum absolute atomic E-state index is 12.8. The topological polar surface area (TPSA) is 81.3 Å². The van der Waals surface area contributed by atoms with Gasteiger partial charge in [0.15, 0.2) is 0 Å². The minimum absolute atomic E-state index is 0.0677. The summed E-state index contributed by atoms with van der Waals surface area (Å²) in [4.78, 5) is 23.4. The van der Waals surface area contributed by atoms with Crippen LogP contribution in [0.1, 0.15) is 39.0 Å². The molecule has 148 valence electrons. The van der Waals surface area contributed by atoms with Crippen LogP contribution in [0.5, 0.6) is 0 Å². The lowest BCUT2D eigenvalue weighted by Crippen LogP contribution is -2.42. The Morgan fingerprint density at radius 2 is 2.03 bits per heavy atom. The molecule has 1 aliphatic rings. The third-order valence-corrected chi connectivity index (χ3v) is 5.18. The van der Waals surface area contributed by atoms with Crippen LogP contribution in [0, 0.1) is 6.92 Å². The monoisotopic (exact) mass is 388 g/mol. The quantitative estimate of drug-likeness (QED) is 0.742. The van der Waals surface area contributed by atoms with Crippen molar-refractivity contribution < 1.29 is 9.53 Å². The van der Waals surface area contributed by atoms with Gasteiger partial charge in [0.2, 0.25) is 0 Å². The lowest BCUT2D eigenvalue weighted by molar-refractivity contribution is -0.0248. The largest absolute Gasteiger partial charge is 0.384 e. The summed E-state index contributed by atoms with van der Waals surface area (Å²) < 4.78 is 5.94. The fourth-order valence-corrected chi connectivity index (χ4v) is 3.51. The van der Waals surface area contributed by atoms with Crippen molar-refractivity contribution in [2.75, 3.05) is 25.4 Å². The molecule has 1 atom stereocenters. The van der Waals surface area contributed by atoms with E-state index in [4.69, 9.17) is 15.5 Å². The Morgan fingerprint density at radius 3 is 2.83 bits per heavy atom. The third kappa shape index (κ3) is 4.43. The molecule has 3 aromatic rings. The molecule has 4 rings (SSSR count). The van der Waals surface area contributed by atoms with E-state index in [1.165, 1.54) is 17.3 Å². The molecule has 1 aliphatic heterocycles. The highest BCUT2D eigenvalue weighted by Gasteiger charge is 2.27. The summed E-state index contributed by atoms with van der Waals surface area (Å²) >= 11 is 0. The van der Waals surface area contributed by atoms with E-state index in [-0.39, 0.29) is 12.0 Å². The number of ether oxygens (including phenoxy) is 1. The maximum Gasteiger partial charge on any atom is 0.255 e. The summed E-state index contributed by atoms with van der Waals surface area (Å²) in [5, 5.41) is 0. The van der Waals surface area contributed by atoms with E-state index in [1.807, 2.05) is 30.3 Å². The van der Waals surface area contributed by atoms with Crippen LogP contribution < -0.4 is 5.73 Å². The summed E-state index contributed by atoms with van der Waals surface area (Å²) in [6.07, 6.45) is 2.04. The van der Waals surface area contributed by atoms with E-state index in [0.29, 0.717) is 31.1 Å². The number of benzene rings is 1. The predicted octanol–water partition coefficient (Wildman–Crippen LogP) is 3.17. The smallest absolute Gasteiger partial charge is 0.255 e. The second-order valence-electron chi connectivity index (χ2n) is 7.24. The van der Waals surface area contributed by atoms with E-state index in [9.17, 15) is 4.79 Å². The Hall–Kier alpha value is -3.25. The number of nitrogens with two attached hydrogens (primary N) is 1. The van der Waals surface area contributed by atoms with Crippen molar-refractivity contribution in [3.8, 4) is 0 Å². The Kier molecular flexibility index (Phi) is 5.53. The first-order valence-corrected chi connectivity index (χ1v) is 9.73. The number of hydrogen-bond donors (Lipinski definition) is 1. The van der Waals surface area contributed by atoms with Crippen LogP contribution in [-0.2, 0) is 11.2 Å². The lowest BCUT2D eigenvalue weighted by atomic mass is 10.0. The zero-order valence-electron chi connectivity index (χ0n) is 16.4. The molecular formula is C23H24N4O2. The molecule has 1 fully saturated rings. The maximum atomic E-state index is 12.8. The second kappa shape index (κ2) is 8.41. The molecule has 0 aliphatic carbocycles. The number of carbonyl (C=O) groups excluding carboxylic acids is 1. The molecule has 6 nitrogen and oxygen atoms in total. The van der Waals surface area contributed by atoms with Gasteiger partial charge in [-0.15, -0.1) is 0 Å². The molecule has 0 radical (unpaired) electrons. The zero-order valence-corrected chi connectivity index (χ0v) is 16.4. The SMILES string of the molecule is Cc1ccccc1Cc1cccc([C@H]2CN(C(=O)c3ccc(N)nc3)CCO2)n1. The number of amides is 1. The minimum atomic E-state index is -0.244. The third-order valence-electron chi connectivity index (χ3n) is 5.18. The molecule has 2 N–H and O–H groups in total. The minimum Gasteiger partial charge on any atom is -0.384 e. The van der Waals surface area contributed by atoms with E-state index in [0.717, 1.165) is 17.8 Å². The van der Waals surface area contributed by atoms with Crippen LogP contribution in [0.2, 0.25) is 0 Å². The summed E-state index contributed by atoms with van der Waals surface area (Å²) in [5.74, 6) is 0.331. The van der Waals surface area contributed by atoms with E-state index in [2.05, 4.69) is 24.0 Å². The zero-order chi connectivity index (χ0) is 20.2. The number of hydrogen-bond acceptors (Lipinski definition) is 5. The summed E-state index contributed by atoms with van der Waals surface area (Å²) in [5.41, 5.74) is 10.5. The lowest BCUT2D eigenvalue weighted by Gasteiger charge is -2.32. The number of nitrogen functional groups attached to an aromatic ring is 1. The first-order chi connectivity index (χ1) is 14.1. The van der Waals surface area contributed by atoms with Crippen molar-refractivity contribution >= 4 is 11.7 Å². The van der Waals surface area contributed by atoms with Gasteiger partial charge in [-0.3, -0.25) is 9.78 Å². The predicted molar refractivity (Wildman–Crippen MR) is 111 cm³/mol. The van der Waals surface area contributed by atoms with E-state index < -0.39 is 0 Å². The van der Waals surface area contributed by atoms with Gasteiger partial charge in [-0.1, -0.05) is 30.3 Å². The average Bonchev–Trinajstić information content (AvgIpc) is 2.76. The highest BCUT2D eigenvalue weighted by Crippen LogP contribution is 2.23. The van der Waals surface area contributed by atoms with Gasteiger partial charge in [0.05, 0.1) is 24.4 Å². The molecule has 1 saturated heterocycles. The molecule has 1 amide bonds.